The molecule has 7 nitrogen and oxygen atoms in total. The first-order chi connectivity index (χ1) is 14.9. The van der Waals surface area contributed by atoms with E-state index in [9.17, 15) is 17.6 Å². The molecule has 1 atom stereocenters. The quantitative estimate of drug-likeness (QED) is 0.609. The predicted octanol–water partition coefficient (Wildman–Crippen LogP) is 3.58. The molecule has 0 saturated carbocycles. The average Bonchev–Trinajstić information content (AvgIpc) is 3.18. The predicted molar refractivity (Wildman–Crippen MR) is 113 cm³/mol. The standard InChI is InChI=1S/C22H19FN2O5S/c1-29-20-11-8-16(24-22(26)21-12-14-4-2-3-5-19(14)30-21)13-18(20)25-31(27,28)17-9-6-15(23)7-10-17/h2-11,13,21,25H,12H2,1H3,(H,24,26). The van der Waals surface area contributed by atoms with Crippen molar-refractivity contribution in [1.82, 2.24) is 0 Å². The molecule has 1 unspecified atom stereocenters. The van der Waals surface area contributed by atoms with Crippen LogP contribution in [0.1, 0.15) is 5.56 Å². The summed E-state index contributed by atoms with van der Waals surface area (Å²) in [6, 6.07) is 16.4. The number of carbonyl (C=O) groups is 1. The molecule has 1 aliphatic rings. The van der Waals surface area contributed by atoms with E-state index >= 15 is 0 Å². The van der Waals surface area contributed by atoms with Crippen LogP contribution in [0.5, 0.6) is 11.5 Å². The number of amides is 1. The summed E-state index contributed by atoms with van der Waals surface area (Å²) in [5.41, 5.74) is 1.44. The molecular weight excluding hydrogens is 423 g/mol. The highest BCUT2D eigenvalue weighted by molar-refractivity contribution is 7.92. The van der Waals surface area contributed by atoms with Gasteiger partial charge in [-0.25, -0.2) is 12.8 Å². The smallest absolute Gasteiger partial charge is 0.265 e. The van der Waals surface area contributed by atoms with Crippen molar-refractivity contribution in [3.8, 4) is 11.5 Å². The lowest BCUT2D eigenvalue weighted by atomic mass is 10.1. The molecule has 0 spiro atoms. The number of carbonyl (C=O) groups excluding carboxylic acids is 1. The lowest BCUT2D eigenvalue weighted by Gasteiger charge is -2.15. The highest BCUT2D eigenvalue weighted by Gasteiger charge is 2.29. The summed E-state index contributed by atoms with van der Waals surface area (Å²) >= 11 is 0. The molecule has 0 aliphatic carbocycles. The minimum atomic E-state index is -3.99. The molecule has 3 aromatic carbocycles. The Labute approximate surface area is 178 Å². The van der Waals surface area contributed by atoms with Gasteiger partial charge in [0, 0.05) is 12.1 Å². The molecule has 0 fully saturated rings. The van der Waals surface area contributed by atoms with E-state index in [0.717, 1.165) is 29.8 Å². The number of para-hydroxylation sites is 1. The van der Waals surface area contributed by atoms with Crippen molar-refractivity contribution in [2.45, 2.75) is 17.4 Å². The third-order valence-corrected chi connectivity index (χ3v) is 6.16. The number of nitrogens with one attached hydrogen (secondary N) is 2. The second-order valence-corrected chi connectivity index (χ2v) is 8.56. The van der Waals surface area contributed by atoms with Crippen molar-refractivity contribution in [1.29, 1.82) is 0 Å². The fourth-order valence-electron chi connectivity index (χ4n) is 3.23. The maximum Gasteiger partial charge on any atom is 0.265 e. The van der Waals surface area contributed by atoms with E-state index in [2.05, 4.69) is 10.0 Å². The van der Waals surface area contributed by atoms with Crippen LogP contribution in [0.15, 0.2) is 71.6 Å². The van der Waals surface area contributed by atoms with E-state index < -0.39 is 21.9 Å². The number of halogens is 1. The average molecular weight is 442 g/mol. The molecule has 31 heavy (non-hydrogen) atoms. The van der Waals surface area contributed by atoms with Gasteiger partial charge in [0.15, 0.2) is 6.10 Å². The van der Waals surface area contributed by atoms with Crippen LogP contribution in [-0.2, 0) is 21.2 Å². The van der Waals surface area contributed by atoms with Crippen LogP contribution in [0.3, 0.4) is 0 Å². The zero-order chi connectivity index (χ0) is 22.0. The van der Waals surface area contributed by atoms with Gasteiger partial charge in [0.25, 0.3) is 15.9 Å². The van der Waals surface area contributed by atoms with Gasteiger partial charge in [-0.05, 0) is 54.1 Å². The van der Waals surface area contributed by atoms with Crippen molar-refractivity contribution in [2.24, 2.45) is 0 Å². The number of rotatable bonds is 6. The number of benzene rings is 3. The maximum atomic E-state index is 13.1. The van der Waals surface area contributed by atoms with Crippen LogP contribution < -0.4 is 19.5 Å². The van der Waals surface area contributed by atoms with E-state index in [1.165, 1.54) is 19.2 Å². The van der Waals surface area contributed by atoms with E-state index in [4.69, 9.17) is 9.47 Å². The van der Waals surface area contributed by atoms with Crippen LogP contribution in [0.4, 0.5) is 15.8 Å². The second-order valence-electron chi connectivity index (χ2n) is 6.88. The van der Waals surface area contributed by atoms with Gasteiger partial charge in [-0.15, -0.1) is 0 Å². The first-order valence-electron chi connectivity index (χ1n) is 9.37. The molecule has 9 heteroatoms. The Morgan fingerprint density at radius 3 is 2.55 bits per heavy atom. The molecule has 0 aromatic heterocycles. The summed E-state index contributed by atoms with van der Waals surface area (Å²) in [6.07, 6.45) is -0.235. The maximum absolute atomic E-state index is 13.1. The van der Waals surface area contributed by atoms with Gasteiger partial charge in [0.2, 0.25) is 0 Å². The van der Waals surface area contributed by atoms with Gasteiger partial charge in [-0.2, -0.15) is 0 Å². The SMILES string of the molecule is COc1ccc(NC(=O)C2Cc3ccccc3O2)cc1NS(=O)(=O)c1ccc(F)cc1. The van der Waals surface area contributed by atoms with E-state index in [0.29, 0.717) is 17.9 Å². The minimum Gasteiger partial charge on any atom is -0.495 e. The van der Waals surface area contributed by atoms with Crippen LogP contribution in [0.2, 0.25) is 0 Å². The Morgan fingerprint density at radius 1 is 1.10 bits per heavy atom. The summed E-state index contributed by atoms with van der Waals surface area (Å²) < 4.78 is 51.8. The van der Waals surface area contributed by atoms with Gasteiger partial charge < -0.3 is 14.8 Å². The minimum absolute atomic E-state index is 0.109. The van der Waals surface area contributed by atoms with Gasteiger partial charge in [-0.1, -0.05) is 18.2 Å². The monoisotopic (exact) mass is 442 g/mol. The molecule has 3 aromatic rings. The summed E-state index contributed by atoms with van der Waals surface area (Å²) in [5, 5.41) is 2.74. The molecule has 0 bridgehead atoms. The fraction of sp³-hybridized carbons (Fsp3) is 0.136. The van der Waals surface area contributed by atoms with Crippen LogP contribution in [0.25, 0.3) is 0 Å². The van der Waals surface area contributed by atoms with Gasteiger partial charge in [0.1, 0.15) is 17.3 Å². The first-order valence-corrected chi connectivity index (χ1v) is 10.9. The zero-order valence-corrected chi connectivity index (χ0v) is 17.3. The van der Waals surface area contributed by atoms with Crippen molar-refractivity contribution in [3.05, 3.63) is 78.1 Å². The molecule has 0 saturated heterocycles. The van der Waals surface area contributed by atoms with Crippen LogP contribution >= 0.6 is 0 Å². The number of methoxy groups -OCH3 is 1. The third-order valence-electron chi connectivity index (χ3n) is 4.77. The second kappa shape index (κ2) is 8.27. The summed E-state index contributed by atoms with van der Waals surface area (Å²) in [6.45, 7) is 0. The van der Waals surface area contributed by atoms with Crippen molar-refractivity contribution in [2.75, 3.05) is 17.1 Å². The number of fused-ring (bicyclic) bond motifs is 1. The number of sulfonamides is 1. The highest BCUT2D eigenvalue weighted by atomic mass is 32.2. The van der Waals surface area contributed by atoms with Gasteiger partial charge in [0.05, 0.1) is 17.7 Å². The number of hydrogen-bond donors (Lipinski definition) is 2. The fourth-order valence-corrected chi connectivity index (χ4v) is 4.30. The molecule has 4 rings (SSSR count). The molecule has 160 valence electrons. The Bertz CT molecular complexity index is 1200. The lowest BCUT2D eigenvalue weighted by molar-refractivity contribution is -0.122. The zero-order valence-electron chi connectivity index (χ0n) is 16.5. The van der Waals surface area contributed by atoms with Crippen LogP contribution in [-0.4, -0.2) is 27.5 Å². The molecule has 0 radical (unpaired) electrons. The Hall–Kier alpha value is -3.59. The van der Waals surface area contributed by atoms with Crippen LogP contribution in [0, 0.1) is 5.82 Å². The number of hydrogen-bond acceptors (Lipinski definition) is 5. The van der Waals surface area contributed by atoms with E-state index in [-0.39, 0.29) is 22.2 Å². The van der Waals surface area contributed by atoms with Crippen molar-refractivity contribution < 1.29 is 27.1 Å². The molecule has 1 amide bonds. The topological polar surface area (TPSA) is 93.7 Å². The van der Waals surface area contributed by atoms with Gasteiger partial charge >= 0.3 is 0 Å². The Kier molecular flexibility index (Phi) is 5.51. The number of ether oxygens (including phenoxy) is 2. The van der Waals surface area contributed by atoms with Gasteiger partial charge in [-0.3, -0.25) is 9.52 Å². The summed E-state index contributed by atoms with van der Waals surface area (Å²) in [7, 11) is -2.60. The molecule has 2 N–H and O–H groups in total. The largest absolute Gasteiger partial charge is 0.495 e. The number of anilines is 2. The highest BCUT2D eigenvalue weighted by Crippen LogP contribution is 2.32. The summed E-state index contributed by atoms with van der Waals surface area (Å²) in [5.74, 6) is 0.0320. The normalized spacial score (nSPS) is 15.0. The van der Waals surface area contributed by atoms with Crippen molar-refractivity contribution in [3.63, 3.8) is 0 Å². The Morgan fingerprint density at radius 2 is 1.84 bits per heavy atom. The van der Waals surface area contributed by atoms with E-state index in [1.807, 2.05) is 18.2 Å². The third kappa shape index (κ3) is 4.46. The first kappa shape index (κ1) is 20.7. The molecule has 1 heterocycles. The Balaban J connectivity index is 1.52. The lowest BCUT2D eigenvalue weighted by Crippen LogP contribution is -2.31. The summed E-state index contributed by atoms with van der Waals surface area (Å²) in [4.78, 5) is 12.5. The molecule has 1 aliphatic heterocycles. The van der Waals surface area contributed by atoms with E-state index in [1.54, 1.807) is 12.1 Å². The molecular formula is C22H19FN2O5S. The van der Waals surface area contributed by atoms with Crippen molar-refractivity contribution >= 4 is 27.3 Å².